The zero-order chi connectivity index (χ0) is 12.7. The standard InChI is InChI=1S/C12H11ClN4O/c13-10-11(15-6-16-12(10)18)17-4-7-1-2-9(14)3-8(7)5-17/h1-3,6H,4-5,14H2,(H,15,16,18). The second-order valence-electron chi connectivity index (χ2n) is 4.25. The van der Waals surface area contributed by atoms with Crippen LogP contribution in [0.1, 0.15) is 11.1 Å². The highest BCUT2D eigenvalue weighted by Crippen LogP contribution is 2.30. The first-order valence-electron chi connectivity index (χ1n) is 5.50. The highest BCUT2D eigenvalue weighted by molar-refractivity contribution is 6.32. The highest BCUT2D eigenvalue weighted by Gasteiger charge is 2.22. The van der Waals surface area contributed by atoms with E-state index in [0.29, 0.717) is 18.9 Å². The zero-order valence-electron chi connectivity index (χ0n) is 9.48. The van der Waals surface area contributed by atoms with Crippen LogP contribution in [0.25, 0.3) is 0 Å². The second kappa shape index (κ2) is 4.03. The molecule has 18 heavy (non-hydrogen) atoms. The third-order valence-electron chi connectivity index (χ3n) is 3.03. The van der Waals surface area contributed by atoms with Crippen LogP contribution in [0, 0.1) is 0 Å². The SMILES string of the molecule is Nc1ccc2c(c1)CN(c1nc[nH]c(=O)c1Cl)C2. The van der Waals surface area contributed by atoms with Crippen molar-refractivity contribution in [3.8, 4) is 0 Å². The minimum absolute atomic E-state index is 0.123. The second-order valence-corrected chi connectivity index (χ2v) is 4.63. The van der Waals surface area contributed by atoms with Gasteiger partial charge in [0.05, 0.1) is 6.33 Å². The number of benzene rings is 1. The van der Waals surface area contributed by atoms with E-state index >= 15 is 0 Å². The molecular formula is C12H11ClN4O. The van der Waals surface area contributed by atoms with E-state index in [0.717, 1.165) is 11.3 Å². The molecule has 3 N–H and O–H groups in total. The number of nitrogens with zero attached hydrogens (tertiary/aromatic N) is 2. The van der Waals surface area contributed by atoms with E-state index in [2.05, 4.69) is 9.97 Å². The normalized spacial score (nSPS) is 13.7. The smallest absolute Gasteiger partial charge is 0.271 e. The molecule has 0 radical (unpaired) electrons. The molecule has 92 valence electrons. The van der Waals surface area contributed by atoms with Crippen molar-refractivity contribution in [3.05, 3.63) is 51.0 Å². The van der Waals surface area contributed by atoms with Gasteiger partial charge in [-0.1, -0.05) is 17.7 Å². The molecule has 0 amide bonds. The van der Waals surface area contributed by atoms with Crippen LogP contribution in [-0.2, 0) is 13.1 Å². The first-order chi connectivity index (χ1) is 8.65. The van der Waals surface area contributed by atoms with Gasteiger partial charge in [0.1, 0.15) is 5.02 Å². The lowest BCUT2D eigenvalue weighted by Crippen LogP contribution is -2.20. The molecule has 0 fully saturated rings. The van der Waals surface area contributed by atoms with E-state index in [1.54, 1.807) is 0 Å². The van der Waals surface area contributed by atoms with Gasteiger partial charge in [0.25, 0.3) is 5.56 Å². The number of nitrogens with two attached hydrogens (primary N) is 1. The van der Waals surface area contributed by atoms with Crippen molar-refractivity contribution in [1.82, 2.24) is 9.97 Å². The van der Waals surface area contributed by atoms with Gasteiger partial charge < -0.3 is 15.6 Å². The van der Waals surface area contributed by atoms with Crippen LogP contribution in [0.3, 0.4) is 0 Å². The first kappa shape index (κ1) is 11.1. The van der Waals surface area contributed by atoms with Crippen molar-refractivity contribution in [1.29, 1.82) is 0 Å². The molecule has 0 saturated heterocycles. The number of nitrogen functional groups attached to an aromatic ring is 1. The summed E-state index contributed by atoms with van der Waals surface area (Å²) in [4.78, 5) is 20.0. The Morgan fingerprint density at radius 3 is 2.94 bits per heavy atom. The van der Waals surface area contributed by atoms with Gasteiger partial charge in [-0.15, -0.1) is 0 Å². The lowest BCUT2D eigenvalue weighted by molar-refractivity contribution is 0.848. The molecule has 2 aromatic rings. The van der Waals surface area contributed by atoms with Crippen LogP contribution in [-0.4, -0.2) is 9.97 Å². The van der Waals surface area contributed by atoms with Gasteiger partial charge in [0, 0.05) is 18.8 Å². The van der Waals surface area contributed by atoms with Crippen LogP contribution in [0.5, 0.6) is 0 Å². The number of hydrogen-bond donors (Lipinski definition) is 2. The van der Waals surface area contributed by atoms with Crippen LogP contribution in [0.15, 0.2) is 29.3 Å². The van der Waals surface area contributed by atoms with Crippen LogP contribution < -0.4 is 16.2 Å². The number of anilines is 2. The molecule has 1 aliphatic heterocycles. The first-order valence-corrected chi connectivity index (χ1v) is 5.88. The molecule has 1 aliphatic rings. The van der Waals surface area contributed by atoms with E-state index in [4.69, 9.17) is 17.3 Å². The molecule has 0 atom stereocenters. The number of H-pyrrole nitrogens is 1. The van der Waals surface area contributed by atoms with Gasteiger partial charge in [-0.05, 0) is 23.3 Å². The molecule has 6 heteroatoms. The maximum atomic E-state index is 11.4. The van der Waals surface area contributed by atoms with E-state index in [-0.39, 0.29) is 10.6 Å². The summed E-state index contributed by atoms with van der Waals surface area (Å²) in [6, 6.07) is 5.80. The van der Waals surface area contributed by atoms with Gasteiger partial charge in [0.15, 0.2) is 5.82 Å². The van der Waals surface area contributed by atoms with Crippen molar-refractivity contribution >= 4 is 23.1 Å². The zero-order valence-corrected chi connectivity index (χ0v) is 10.2. The predicted octanol–water partition coefficient (Wildman–Crippen LogP) is 1.53. The number of nitrogens with one attached hydrogen (secondary N) is 1. The number of hydrogen-bond acceptors (Lipinski definition) is 4. The maximum Gasteiger partial charge on any atom is 0.271 e. The Bertz CT molecular complexity index is 667. The summed E-state index contributed by atoms with van der Waals surface area (Å²) < 4.78 is 0. The molecule has 0 spiro atoms. The Labute approximate surface area is 108 Å². The molecule has 0 bridgehead atoms. The molecule has 2 heterocycles. The highest BCUT2D eigenvalue weighted by atomic mass is 35.5. The van der Waals surface area contributed by atoms with Crippen molar-refractivity contribution < 1.29 is 0 Å². The van der Waals surface area contributed by atoms with Crippen molar-refractivity contribution in [2.24, 2.45) is 0 Å². The quantitative estimate of drug-likeness (QED) is 0.764. The van der Waals surface area contributed by atoms with Gasteiger partial charge >= 0.3 is 0 Å². The van der Waals surface area contributed by atoms with Crippen LogP contribution >= 0.6 is 11.6 Å². The fourth-order valence-electron chi connectivity index (χ4n) is 2.16. The summed E-state index contributed by atoms with van der Waals surface area (Å²) in [6.07, 6.45) is 1.36. The van der Waals surface area contributed by atoms with E-state index < -0.39 is 0 Å². The number of halogens is 1. The molecule has 0 unspecified atom stereocenters. The monoisotopic (exact) mass is 262 g/mol. The average molecular weight is 263 g/mol. The molecule has 5 nitrogen and oxygen atoms in total. The van der Waals surface area contributed by atoms with E-state index in [1.807, 2.05) is 23.1 Å². The number of fused-ring (bicyclic) bond motifs is 1. The molecule has 0 aliphatic carbocycles. The molecule has 0 saturated carbocycles. The van der Waals surface area contributed by atoms with Gasteiger partial charge in [-0.3, -0.25) is 4.79 Å². The Kier molecular flexibility index (Phi) is 2.48. The Hall–Kier alpha value is -2.01. The summed E-state index contributed by atoms with van der Waals surface area (Å²) >= 11 is 5.97. The summed E-state index contributed by atoms with van der Waals surface area (Å²) in [6.45, 7) is 1.35. The Morgan fingerprint density at radius 2 is 2.11 bits per heavy atom. The summed E-state index contributed by atoms with van der Waals surface area (Å²) in [5.74, 6) is 0.509. The lowest BCUT2D eigenvalue weighted by Gasteiger charge is -2.16. The number of aromatic amines is 1. The molecule has 1 aromatic heterocycles. The lowest BCUT2D eigenvalue weighted by atomic mass is 10.1. The van der Waals surface area contributed by atoms with Crippen LogP contribution in [0.4, 0.5) is 11.5 Å². The molecular weight excluding hydrogens is 252 g/mol. The summed E-state index contributed by atoms with van der Waals surface area (Å²) in [7, 11) is 0. The molecule has 1 aromatic carbocycles. The van der Waals surface area contributed by atoms with Gasteiger partial charge in [-0.2, -0.15) is 0 Å². The average Bonchev–Trinajstić information content (AvgIpc) is 2.75. The largest absolute Gasteiger partial charge is 0.399 e. The van der Waals surface area contributed by atoms with Gasteiger partial charge in [-0.25, -0.2) is 4.98 Å². The maximum absolute atomic E-state index is 11.4. The third kappa shape index (κ3) is 1.73. The fourth-order valence-corrected chi connectivity index (χ4v) is 2.38. The Balaban J connectivity index is 1.99. The summed E-state index contributed by atoms with van der Waals surface area (Å²) in [5, 5.41) is 0.123. The minimum Gasteiger partial charge on any atom is -0.399 e. The Morgan fingerprint density at radius 1 is 1.33 bits per heavy atom. The topological polar surface area (TPSA) is 75.0 Å². The summed E-state index contributed by atoms with van der Waals surface area (Å²) in [5.41, 5.74) is 8.50. The van der Waals surface area contributed by atoms with Gasteiger partial charge in [0.2, 0.25) is 0 Å². The number of rotatable bonds is 1. The molecule has 3 rings (SSSR count). The van der Waals surface area contributed by atoms with E-state index in [9.17, 15) is 4.79 Å². The number of aromatic nitrogens is 2. The third-order valence-corrected chi connectivity index (χ3v) is 3.37. The van der Waals surface area contributed by atoms with Crippen molar-refractivity contribution in [2.45, 2.75) is 13.1 Å². The predicted molar refractivity (Wildman–Crippen MR) is 70.6 cm³/mol. The fraction of sp³-hybridized carbons (Fsp3) is 0.167. The van der Waals surface area contributed by atoms with Crippen molar-refractivity contribution in [2.75, 3.05) is 10.6 Å². The van der Waals surface area contributed by atoms with Crippen LogP contribution in [0.2, 0.25) is 5.02 Å². The minimum atomic E-state index is -0.322. The van der Waals surface area contributed by atoms with Crippen molar-refractivity contribution in [3.63, 3.8) is 0 Å². The van der Waals surface area contributed by atoms with E-state index in [1.165, 1.54) is 11.9 Å².